The second-order valence-corrected chi connectivity index (χ2v) is 4.46. The fourth-order valence-electron chi connectivity index (χ4n) is 1.35. The number of rotatable bonds is 7. The molecule has 5 heteroatoms. The molecule has 0 heterocycles. The van der Waals surface area contributed by atoms with E-state index < -0.39 is 0 Å². The van der Waals surface area contributed by atoms with Gasteiger partial charge in [-0.1, -0.05) is 6.92 Å². The van der Waals surface area contributed by atoms with Crippen LogP contribution in [0.1, 0.15) is 26.2 Å². The molecule has 5 nitrogen and oxygen atoms in total. The summed E-state index contributed by atoms with van der Waals surface area (Å²) in [4.78, 5) is 22.6. The zero-order chi connectivity index (χ0) is 12.0. The Labute approximate surface area is 96.1 Å². The second kappa shape index (κ2) is 6.48. The van der Waals surface area contributed by atoms with Crippen LogP contribution in [0, 0.1) is 11.8 Å². The SMILES string of the molecule is CC(CN)CC(=O)NCCNC(=O)C1CC1. The van der Waals surface area contributed by atoms with Crippen molar-refractivity contribution >= 4 is 11.8 Å². The largest absolute Gasteiger partial charge is 0.354 e. The zero-order valence-electron chi connectivity index (χ0n) is 9.79. The van der Waals surface area contributed by atoms with Crippen molar-refractivity contribution in [2.75, 3.05) is 19.6 Å². The summed E-state index contributed by atoms with van der Waals surface area (Å²) in [5.74, 6) is 0.553. The molecule has 1 unspecified atom stereocenters. The summed E-state index contributed by atoms with van der Waals surface area (Å²) in [5.41, 5.74) is 5.42. The predicted molar refractivity (Wildman–Crippen MR) is 61.6 cm³/mol. The molecule has 16 heavy (non-hydrogen) atoms. The molecule has 1 rings (SSSR count). The first kappa shape index (κ1) is 13.0. The molecule has 0 aromatic rings. The van der Waals surface area contributed by atoms with Crippen LogP contribution in [0.3, 0.4) is 0 Å². The van der Waals surface area contributed by atoms with Gasteiger partial charge in [-0.05, 0) is 25.3 Å². The Bertz CT molecular complexity index is 252. The van der Waals surface area contributed by atoms with Gasteiger partial charge in [-0.15, -0.1) is 0 Å². The van der Waals surface area contributed by atoms with Gasteiger partial charge >= 0.3 is 0 Å². The minimum Gasteiger partial charge on any atom is -0.354 e. The third-order valence-electron chi connectivity index (χ3n) is 2.63. The quantitative estimate of drug-likeness (QED) is 0.518. The molecule has 0 spiro atoms. The number of hydrogen-bond donors (Lipinski definition) is 3. The summed E-state index contributed by atoms with van der Waals surface area (Å²) in [7, 11) is 0. The van der Waals surface area contributed by atoms with Crippen molar-refractivity contribution in [2.45, 2.75) is 26.2 Å². The van der Waals surface area contributed by atoms with Gasteiger partial charge in [-0.3, -0.25) is 9.59 Å². The maximum absolute atomic E-state index is 11.3. The molecule has 0 saturated heterocycles. The number of amides is 2. The number of hydrogen-bond acceptors (Lipinski definition) is 3. The van der Waals surface area contributed by atoms with Crippen molar-refractivity contribution in [3.05, 3.63) is 0 Å². The second-order valence-electron chi connectivity index (χ2n) is 4.46. The van der Waals surface area contributed by atoms with Gasteiger partial charge < -0.3 is 16.4 Å². The van der Waals surface area contributed by atoms with Crippen LogP contribution >= 0.6 is 0 Å². The molecule has 0 aromatic heterocycles. The van der Waals surface area contributed by atoms with Crippen LogP contribution in [0.25, 0.3) is 0 Å². The van der Waals surface area contributed by atoms with Gasteiger partial charge in [0, 0.05) is 25.4 Å². The Morgan fingerprint density at radius 1 is 1.31 bits per heavy atom. The van der Waals surface area contributed by atoms with Gasteiger partial charge in [-0.2, -0.15) is 0 Å². The molecule has 2 amide bonds. The van der Waals surface area contributed by atoms with E-state index in [9.17, 15) is 9.59 Å². The topological polar surface area (TPSA) is 84.2 Å². The van der Waals surface area contributed by atoms with E-state index in [2.05, 4.69) is 10.6 Å². The fourth-order valence-corrected chi connectivity index (χ4v) is 1.35. The molecule has 1 fully saturated rings. The molecule has 1 aliphatic rings. The highest BCUT2D eigenvalue weighted by Crippen LogP contribution is 2.28. The third-order valence-corrected chi connectivity index (χ3v) is 2.63. The Hall–Kier alpha value is -1.10. The Kier molecular flexibility index (Phi) is 5.25. The lowest BCUT2D eigenvalue weighted by Crippen LogP contribution is -2.36. The van der Waals surface area contributed by atoms with Crippen LogP contribution in [0.15, 0.2) is 0 Å². The van der Waals surface area contributed by atoms with Crippen molar-refractivity contribution in [1.29, 1.82) is 0 Å². The van der Waals surface area contributed by atoms with E-state index in [0.717, 1.165) is 12.8 Å². The van der Waals surface area contributed by atoms with Crippen molar-refractivity contribution in [2.24, 2.45) is 17.6 Å². The Balaban J connectivity index is 1.97. The first-order valence-electron chi connectivity index (χ1n) is 5.88. The highest BCUT2D eigenvalue weighted by atomic mass is 16.2. The molecular weight excluding hydrogens is 206 g/mol. The molecular formula is C11H21N3O2. The van der Waals surface area contributed by atoms with Gasteiger partial charge in [0.05, 0.1) is 0 Å². The Morgan fingerprint density at radius 3 is 2.50 bits per heavy atom. The molecule has 0 radical (unpaired) electrons. The van der Waals surface area contributed by atoms with E-state index in [1.807, 2.05) is 6.92 Å². The van der Waals surface area contributed by atoms with Gasteiger partial charge in [0.25, 0.3) is 0 Å². The fraction of sp³-hybridized carbons (Fsp3) is 0.818. The molecule has 1 saturated carbocycles. The van der Waals surface area contributed by atoms with Gasteiger partial charge in [0.15, 0.2) is 0 Å². The minimum absolute atomic E-state index is 0.00128. The van der Waals surface area contributed by atoms with Crippen LogP contribution in [0.5, 0.6) is 0 Å². The monoisotopic (exact) mass is 227 g/mol. The van der Waals surface area contributed by atoms with E-state index in [1.165, 1.54) is 0 Å². The van der Waals surface area contributed by atoms with Crippen molar-refractivity contribution in [1.82, 2.24) is 10.6 Å². The molecule has 0 aliphatic heterocycles. The molecule has 1 atom stereocenters. The van der Waals surface area contributed by atoms with Crippen molar-refractivity contribution in [3.8, 4) is 0 Å². The summed E-state index contributed by atoms with van der Waals surface area (Å²) in [6.45, 7) is 3.47. The molecule has 0 bridgehead atoms. The average molecular weight is 227 g/mol. The van der Waals surface area contributed by atoms with Crippen LogP contribution in [-0.4, -0.2) is 31.4 Å². The van der Waals surface area contributed by atoms with Crippen LogP contribution in [0.2, 0.25) is 0 Å². The van der Waals surface area contributed by atoms with Crippen LogP contribution in [0.4, 0.5) is 0 Å². The lowest BCUT2D eigenvalue weighted by atomic mass is 10.1. The maximum Gasteiger partial charge on any atom is 0.223 e. The number of carbonyl (C=O) groups is 2. The average Bonchev–Trinajstić information content (AvgIpc) is 3.07. The maximum atomic E-state index is 11.3. The smallest absolute Gasteiger partial charge is 0.223 e. The van der Waals surface area contributed by atoms with Gasteiger partial charge in [0.2, 0.25) is 11.8 Å². The Morgan fingerprint density at radius 2 is 1.94 bits per heavy atom. The number of nitrogens with two attached hydrogens (primary N) is 1. The highest BCUT2D eigenvalue weighted by Gasteiger charge is 2.28. The highest BCUT2D eigenvalue weighted by molar-refractivity contribution is 5.81. The molecule has 0 aromatic carbocycles. The summed E-state index contributed by atoms with van der Waals surface area (Å²) in [5, 5.41) is 5.54. The van der Waals surface area contributed by atoms with Gasteiger partial charge in [-0.25, -0.2) is 0 Å². The summed E-state index contributed by atoms with van der Waals surface area (Å²) < 4.78 is 0. The van der Waals surface area contributed by atoms with Crippen LogP contribution < -0.4 is 16.4 Å². The van der Waals surface area contributed by atoms with E-state index in [-0.39, 0.29) is 23.7 Å². The number of nitrogens with one attached hydrogen (secondary N) is 2. The lowest BCUT2D eigenvalue weighted by Gasteiger charge is -2.09. The van der Waals surface area contributed by atoms with Crippen LogP contribution in [-0.2, 0) is 9.59 Å². The van der Waals surface area contributed by atoms with E-state index in [4.69, 9.17) is 5.73 Å². The molecule has 1 aliphatic carbocycles. The first-order chi connectivity index (χ1) is 7.63. The summed E-state index contributed by atoms with van der Waals surface area (Å²) in [6, 6.07) is 0. The number of carbonyl (C=O) groups excluding carboxylic acids is 2. The first-order valence-corrected chi connectivity index (χ1v) is 5.88. The molecule has 4 N–H and O–H groups in total. The third kappa shape index (κ3) is 5.11. The van der Waals surface area contributed by atoms with Gasteiger partial charge in [0.1, 0.15) is 0 Å². The zero-order valence-corrected chi connectivity index (χ0v) is 9.79. The lowest BCUT2D eigenvalue weighted by molar-refractivity contribution is -0.123. The van der Waals surface area contributed by atoms with Crippen molar-refractivity contribution < 1.29 is 9.59 Å². The normalized spacial score (nSPS) is 16.6. The van der Waals surface area contributed by atoms with E-state index in [1.54, 1.807) is 0 Å². The minimum atomic E-state index is -0.00128. The summed E-state index contributed by atoms with van der Waals surface area (Å²) >= 11 is 0. The summed E-state index contributed by atoms with van der Waals surface area (Å²) in [6.07, 6.45) is 2.46. The van der Waals surface area contributed by atoms with E-state index >= 15 is 0 Å². The van der Waals surface area contributed by atoms with Crippen molar-refractivity contribution in [3.63, 3.8) is 0 Å². The molecule has 92 valence electrons. The predicted octanol–water partition coefficient (Wildman–Crippen LogP) is -0.386. The standard InChI is InChI=1S/C11H21N3O2/c1-8(7-12)6-10(15)13-4-5-14-11(16)9-2-3-9/h8-9H,2-7,12H2,1H3,(H,13,15)(H,14,16). The van der Waals surface area contributed by atoms with E-state index in [0.29, 0.717) is 26.1 Å².